The van der Waals surface area contributed by atoms with Crippen LogP contribution in [0.2, 0.25) is 0 Å². The van der Waals surface area contributed by atoms with Gasteiger partial charge in [-0.3, -0.25) is 24.1 Å². The van der Waals surface area contributed by atoms with Crippen molar-refractivity contribution in [2.24, 2.45) is 28.6 Å². The van der Waals surface area contributed by atoms with E-state index < -0.39 is 23.0 Å². The molecule has 49 heavy (non-hydrogen) atoms. The molecular formula is C35H53N7O7. The molecule has 14 nitrogen and oxygen atoms in total. The van der Waals surface area contributed by atoms with Gasteiger partial charge in [0.1, 0.15) is 17.4 Å². The predicted octanol–water partition coefficient (Wildman–Crippen LogP) is 3.91. The number of imide groups is 1. The predicted molar refractivity (Wildman–Crippen MR) is 185 cm³/mol. The Morgan fingerprint density at radius 2 is 1.57 bits per heavy atom. The minimum Gasteiger partial charge on any atom is -0.365 e. The molecule has 1 aliphatic heterocycles. The number of rotatable bonds is 22. The molecule has 4 amide bonds. The summed E-state index contributed by atoms with van der Waals surface area (Å²) >= 11 is 0. The highest BCUT2D eigenvalue weighted by Gasteiger charge is 2.35. The van der Waals surface area contributed by atoms with Crippen LogP contribution in [0.25, 0.3) is 0 Å². The van der Waals surface area contributed by atoms with Crippen LogP contribution in [0.5, 0.6) is 0 Å². The Labute approximate surface area is 288 Å². The summed E-state index contributed by atoms with van der Waals surface area (Å²) in [7, 11) is 0. The number of hydrazone groups is 1. The molecule has 1 saturated carbocycles. The van der Waals surface area contributed by atoms with Crippen LogP contribution in [0.15, 0.2) is 29.4 Å². The quantitative estimate of drug-likeness (QED) is 0.0265. The second kappa shape index (κ2) is 20.2. The third-order valence-electron chi connectivity index (χ3n) is 9.35. The zero-order valence-corrected chi connectivity index (χ0v) is 28.9. The Morgan fingerprint density at radius 3 is 2.16 bits per heavy atom. The smallest absolute Gasteiger partial charge is 0.266 e. The van der Waals surface area contributed by atoms with Crippen LogP contribution in [0.1, 0.15) is 124 Å². The van der Waals surface area contributed by atoms with Gasteiger partial charge in [-0.25, -0.2) is 10.1 Å². The monoisotopic (exact) mass is 683 g/mol. The number of carbonyl (C=O) groups excluding carboxylic acids is 5. The van der Waals surface area contributed by atoms with Crippen molar-refractivity contribution >= 4 is 35.9 Å². The second-order valence-electron chi connectivity index (χ2n) is 13.6. The molecule has 0 saturated heterocycles. The molecule has 0 bridgehead atoms. The number of guanidine groups is 1. The summed E-state index contributed by atoms with van der Waals surface area (Å²) in [6, 6.07) is 5.35. The highest BCUT2D eigenvalue weighted by molar-refractivity contribution is 6.21. The number of nitrogens with zero attached hydrogens (tertiary/aromatic N) is 3. The van der Waals surface area contributed by atoms with E-state index in [4.69, 9.17) is 5.73 Å². The fourth-order valence-electron chi connectivity index (χ4n) is 6.86. The fourth-order valence-corrected chi connectivity index (χ4v) is 6.86. The van der Waals surface area contributed by atoms with E-state index in [1.165, 1.54) is 4.90 Å². The van der Waals surface area contributed by atoms with E-state index >= 15 is 0 Å². The molecule has 0 spiro atoms. The highest BCUT2D eigenvalue weighted by Crippen LogP contribution is 2.34. The summed E-state index contributed by atoms with van der Waals surface area (Å²) in [5, 5.41) is 21.0. The average Bonchev–Trinajstić information content (AvgIpc) is 3.67. The molecule has 14 heteroatoms. The van der Waals surface area contributed by atoms with Crippen molar-refractivity contribution in [3.05, 3.63) is 45.5 Å². The number of nitrogens with two attached hydrogens (primary N) is 1. The molecule has 5 N–H and O–H groups in total. The first-order valence-corrected chi connectivity index (χ1v) is 17.7. The van der Waals surface area contributed by atoms with E-state index in [9.17, 15) is 34.1 Å². The molecule has 2 unspecified atom stereocenters. The van der Waals surface area contributed by atoms with Crippen molar-refractivity contribution in [3.63, 3.8) is 0 Å². The first-order chi connectivity index (χ1) is 23.5. The Hall–Kier alpha value is -4.36. The molecular weight excluding hydrogens is 630 g/mol. The van der Waals surface area contributed by atoms with Gasteiger partial charge in [-0.2, -0.15) is 0 Å². The standard InChI is InChI=1S/C35H53N7O7/c1-24(2)22-26(23-43)38-32(45)30(19-13-20-37-35(36)40-42(48)49)39-31(44)27(25-14-8-9-15-25)16-7-5-3-4-6-12-21-41-33(46)28-17-10-11-18-29(28)34(41)47/h10-11,17-18,23-27,30H,3-9,12-16,19-22H2,1-2H3,(H,38,45)(H,39,44)(H3,36,37,40)/t26?,27?,30-/m0/s1. The average molecular weight is 684 g/mol. The summed E-state index contributed by atoms with van der Waals surface area (Å²) in [6.07, 6.45) is 12.0. The molecule has 1 aromatic rings. The lowest BCUT2D eigenvalue weighted by molar-refractivity contribution is -0.485. The van der Waals surface area contributed by atoms with Crippen molar-refractivity contribution in [3.8, 4) is 0 Å². The topological polar surface area (TPSA) is 206 Å². The van der Waals surface area contributed by atoms with Gasteiger partial charge in [0.2, 0.25) is 11.8 Å². The van der Waals surface area contributed by atoms with Crippen LogP contribution < -0.4 is 21.7 Å². The van der Waals surface area contributed by atoms with Crippen molar-refractivity contribution in [2.75, 3.05) is 13.1 Å². The van der Waals surface area contributed by atoms with Gasteiger partial charge in [0, 0.05) is 19.0 Å². The van der Waals surface area contributed by atoms with E-state index in [0.29, 0.717) is 43.2 Å². The molecule has 1 fully saturated rings. The van der Waals surface area contributed by atoms with E-state index in [2.05, 4.69) is 21.1 Å². The Bertz CT molecular complexity index is 1290. The number of nitro groups is 1. The third-order valence-corrected chi connectivity index (χ3v) is 9.35. The Morgan fingerprint density at radius 1 is 0.959 bits per heavy atom. The lowest BCUT2D eigenvalue weighted by Gasteiger charge is -2.27. The van der Waals surface area contributed by atoms with E-state index in [-0.39, 0.29) is 54.4 Å². The fraction of sp³-hybridized carbons (Fsp3) is 0.657. The first-order valence-electron chi connectivity index (χ1n) is 17.7. The van der Waals surface area contributed by atoms with Gasteiger partial charge in [-0.05, 0) is 68.9 Å². The van der Waals surface area contributed by atoms with Gasteiger partial charge in [-0.15, -0.1) is 0 Å². The van der Waals surface area contributed by atoms with Crippen LogP contribution >= 0.6 is 0 Å². The van der Waals surface area contributed by atoms with Gasteiger partial charge in [-0.1, -0.05) is 70.9 Å². The zero-order valence-electron chi connectivity index (χ0n) is 28.9. The van der Waals surface area contributed by atoms with Crippen LogP contribution in [-0.4, -0.2) is 71.0 Å². The molecule has 0 aromatic heterocycles. The molecule has 3 rings (SSSR count). The van der Waals surface area contributed by atoms with Crippen LogP contribution in [0.4, 0.5) is 0 Å². The van der Waals surface area contributed by atoms with Crippen LogP contribution in [-0.2, 0) is 14.4 Å². The Kier molecular flexibility index (Phi) is 16.1. The highest BCUT2D eigenvalue weighted by atomic mass is 16.7. The van der Waals surface area contributed by atoms with E-state index in [1.807, 2.05) is 13.8 Å². The summed E-state index contributed by atoms with van der Waals surface area (Å²) in [5.41, 5.74) is 6.44. The maximum atomic E-state index is 13.8. The van der Waals surface area contributed by atoms with Crippen molar-refractivity contribution in [1.82, 2.24) is 20.9 Å². The van der Waals surface area contributed by atoms with E-state index in [1.54, 1.807) is 24.3 Å². The number of unbranched alkanes of at least 4 members (excludes halogenated alkanes) is 5. The summed E-state index contributed by atoms with van der Waals surface area (Å²) in [4.78, 5) is 75.8. The number of benzene rings is 1. The molecule has 1 aromatic carbocycles. The third kappa shape index (κ3) is 12.6. The maximum Gasteiger partial charge on any atom is 0.266 e. The summed E-state index contributed by atoms with van der Waals surface area (Å²) < 4.78 is 0. The van der Waals surface area contributed by atoms with Crippen molar-refractivity contribution in [2.45, 2.75) is 116 Å². The second-order valence-corrected chi connectivity index (χ2v) is 13.6. The molecule has 1 heterocycles. The number of hydrogen-bond donors (Lipinski definition) is 4. The lowest BCUT2D eigenvalue weighted by atomic mass is 9.85. The van der Waals surface area contributed by atoms with Gasteiger partial charge in [0.25, 0.3) is 17.8 Å². The Balaban J connectivity index is 1.49. The summed E-state index contributed by atoms with van der Waals surface area (Å²) in [5.74, 6) is -1.21. The van der Waals surface area contributed by atoms with Crippen molar-refractivity contribution in [1.29, 1.82) is 0 Å². The zero-order chi connectivity index (χ0) is 35.8. The molecule has 1 aliphatic carbocycles. The molecule has 0 radical (unpaired) electrons. The number of carbonyl (C=O) groups is 5. The van der Waals surface area contributed by atoms with Gasteiger partial charge >= 0.3 is 0 Å². The molecule has 2 aliphatic rings. The number of hydrogen-bond acceptors (Lipinski definition) is 7. The van der Waals surface area contributed by atoms with Gasteiger partial charge in [0.15, 0.2) is 5.03 Å². The lowest BCUT2D eigenvalue weighted by Crippen LogP contribution is -2.52. The number of fused-ring (bicyclic) bond motifs is 1. The number of aldehydes is 1. The van der Waals surface area contributed by atoms with E-state index in [0.717, 1.165) is 64.2 Å². The maximum absolute atomic E-state index is 13.8. The number of nitrogens with one attached hydrogen (secondary N) is 3. The largest absolute Gasteiger partial charge is 0.365 e. The van der Waals surface area contributed by atoms with Crippen LogP contribution in [0.3, 0.4) is 0 Å². The normalized spacial score (nSPS) is 16.7. The first kappa shape index (κ1) is 39.1. The van der Waals surface area contributed by atoms with Crippen LogP contribution in [0, 0.1) is 27.9 Å². The van der Waals surface area contributed by atoms with Gasteiger partial charge in [0.05, 0.1) is 17.2 Å². The van der Waals surface area contributed by atoms with Gasteiger partial charge < -0.3 is 26.5 Å². The minimum absolute atomic E-state index is 0.165. The minimum atomic E-state index is -0.905. The SMILES string of the molecule is CC(C)CC(C=O)NC(=O)[C@H](CCCN/C(N)=N/[N+](=O)[O-])NC(=O)C(CCCCCCCCN1C(=O)c2ccccc2C1=O)C1CCCC1. The molecule has 270 valence electrons. The molecule has 3 atom stereocenters. The number of amides is 4. The summed E-state index contributed by atoms with van der Waals surface area (Å²) in [6.45, 7) is 4.52. The van der Waals surface area contributed by atoms with Crippen molar-refractivity contribution < 1.29 is 29.0 Å².